The maximum Gasteiger partial charge on any atom is 0.253 e. The fourth-order valence-electron chi connectivity index (χ4n) is 2.90. The van der Waals surface area contributed by atoms with Crippen LogP contribution in [0.2, 0.25) is 0 Å². The van der Waals surface area contributed by atoms with E-state index in [0.29, 0.717) is 24.2 Å². The molecule has 0 heterocycles. The molecule has 4 N–H and O–H groups in total. The third-order valence-corrected chi connectivity index (χ3v) is 4.46. The minimum absolute atomic E-state index is 0.0190. The second kappa shape index (κ2) is 10.1. The van der Waals surface area contributed by atoms with Gasteiger partial charge in [0.05, 0.1) is 11.3 Å². The van der Waals surface area contributed by atoms with Crippen LogP contribution < -0.4 is 16.0 Å². The van der Waals surface area contributed by atoms with Gasteiger partial charge in [0.2, 0.25) is 5.91 Å². The number of nitrogens with one attached hydrogen (secondary N) is 3. The summed E-state index contributed by atoms with van der Waals surface area (Å²) in [7, 11) is 0. The zero-order valence-electron chi connectivity index (χ0n) is 14.2. The van der Waals surface area contributed by atoms with Crippen LogP contribution in [-0.2, 0) is 4.79 Å². The van der Waals surface area contributed by atoms with Gasteiger partial charge in [0.1, 0.15) is 0 Å². The van der Waals surface area contributed by atoms with Crippen LogP contribution in [0.1, 0.15) is 48.9 Å². The standard InChI is InChI=1S/C18H25N3O3S/c22-12-6-11-19-17(24)14-9-4-5-10-15(14)20-18(25)21-16(23)13-7-2-1-3-8-13/h4-5,9-10,13,22H,1-3,6-8,11-12H2,(H,19,24)(H2,20,21,23,25). The zero-order chi connectivity index (χ0) is 18.1. The minimum Gasteiger partial charge on any atom is -0.396 e. The molecule has 1 saturated carbocycles. The summed E-state index contributed by atoms with van der Waals surface area (Å²) in [6.07, 6.45) is 5.64. The summed E-state index contributed by atoms with van der Waals surface area (Å²) in [6.45, 7) is 0.421. The summed E-state index contributed by atoms with van der Waals surface area (Å²) < 4.78 is 0. The van der Waals surface area contributed by atoms with Crippen molar-refractivity contribution in [3.8, 4) is 0 Å². The molecule has 2 rings (SSSR count). The first-order chi connectivity index (χ1) is 12.1. The van der Waals surface area contributed by atoms with E-state index in [9.17, 15) is 9.59 Å². The molecule has 136 valence electrons. The molecule has 1 aromatic carbocycles. The Hall–Kier alpha value is -1.99. The summed E-state index contributed by atoms with van der Waals surface area (Å²) in [4.78, 5) is 24.5. The highest BCUT2D eigenvalue weighted by molar-refractivity contribution is 7.80. The van der Waals surface area contributed by atoms with Crippen LogP contribution in [0.15, 0.2) is 24.3 Å². The first-order valence-corrected chi connectivity index (χ1v) is 9.12. The Morgan fingerprint density at radius 1 is 1.16 bits per heavy atom. The molecule has 1 fully saturated rings. The van der Waals surface area contributed by atoms with Gasteiger partial charge in [-0.15, -0.1) is 0 Å². The molecular formula is C18H25N3O3S. The Kier molecular flexibility index (Phi) is 7.81. The second-order valence-electron chi connectivity index (χ2n) is 6.16. The van der Waals surface area contributed by atoms with Gasteiger partial charge in [-0.1, -0.05) is 31.4 Å². The number of hydrogen-bond acceptors (Lipinski definition) is 4. The number of anilines is 1. The van der Waals surface area contributed by atoms with Gasteiger partial charge in [-0.25, -0.2) is 0 Å². The van der Waals surface area contributed by atoms with Crippen LogP contribution >= 0.6 is 12.2 Å². The number of carbonyl (C=O) groups excluding carboxylic acids is 2. The highest BCUT2D eigenvalue weighted by atomic mass is 32.1. The molecule has 0 aromatic heterocycles. The molecule has 2 amide bonds. The average molecular weight is 363 g/mol. The van der Waals surface area contributed by atoms with Crippen molar-refractivity contribution in [3.63, 3.8) is 0 Å². The van der Waals surface area contributed by atoms with Crippen LogP contribution in [0.4, 0.5) is 5.69 Å². The lowest BCUT2D eigenvalue weighted by Crippen LogP contribution is -2.39. The Labute approximate surface area is 153 Å². The fraction of sp³-hybridized carbons (Fsp3) is 0.500. The van der Waals surface area contributed by atoms with Gasteiger partial charge < -0.3 is 21.1 Å². The van der Waals surface area contributed by atoms with Gasteiger partial charge in [-0.05, 0) is 43.6 Å². The molecule has 0 aliphatic heterocycles. The monoisotopic (exact) mass is 363 g/mol. The van der Waals surface area contributed by atoms with Crippen molar-refractivity contribution in [2.45, 2.75) is 38.5 Å². The lowest BCUT2D eigenvalue weighted by Gasteiger charge is -2.21. The SMILES string of the molecule is O=C(NCCCO)c1ccccc1NC(=S)NC(=O)C1CCCCC1. The van der Waals surface area contributed by atoms with Crippen molar-refractivity contribution >= 4 is 34.8 Å². The highest BCUT2D eigenvalue weighted by Crippen LogP contribution is 2.23. The molecule has 25 heavy (non-hydrogen) atoms. The largest absolute Gasteiger partial charge is 0.396 e. The van der Waals surface area contributed by atoms with E-state index < -0.39 is 0 Å². The topological polar surface area (TPSA) is 90.5 Å². The van der Waals surface area contributed by atoms with Crippen molar-refractivity contribution in [3.05, 3.63) is 29.8 Å². The molecule has 0 atom stereocenters. The van der Waals surface area contributed by atoms with Gasteiger partial charge >= 0.3 is 0 Å². The quantitative estimate of drug-likeness (QED) is 0.459. The van der Waals surface area contributed by atoms with E-state index in [1.165, 1.54) is 6.42 Å². The zero-order valence-corrected chi connectivity index (χ0v) is 15.0. The smallest absolute Gasteiger partial charge is 0.253 e. The van der Waals surface area contributed by atoms with E-state index in [-0.39, 0.29) is 29.5 Å². The van der Waals surface area contributed by atoms with Crippen molar-refractivity contribution in [1.29, 1.82) is 0 Å². The second-order valence-corrected chi connectivity index (χ2v) is 6.57. The number of hydrogen-bond donors (Lipinski definition) is 4. The fourth-order valence-corrected chi connectivity index (χ4v) is 3.11. The van der Waals surface area contributed by atoms with Crippen LogP contribution in [0.3, 0.4) is 0 Å². The van der Waals surface area contributed by atoms with Crippen molar-refractivity contribution in [1.82, 2.24) is 10.6 Å². The van der Waals surface area contributed by atoms with E-state index in [4.69, 9.17) is 17.3 Å². The molecule has 6 nitrogen and oxygen atoms in total. The van der Waals surface area contributed by atoms with Gasteiger partial charge in [0, 0.05) is 19.1 Å². The van der Waals surface area contributed by atoms with Gasteiger partial charge in [-0.3, -0.25) is 9.59 Å². The predicted molar refractivity (Wildman–Crippen MR) is 101 cm³/mol. The number of rotatable bonds is 6. The van der Waals surface area contributed by atoms with Crippen LogP contribution in [-0.4, -0.2) is 35.2 Å². The minimum atomic E-state index is -0.252. The van der Waals surface area contributed by atoms with Gasteiger partial charge in [0.25, 0.3) is 5.91 Å². The first-order valence-electron chi connectivity index (χ1n) is 8.71. The van der Waals surface area contributed by atoms with Crippen LogP contribution in [0.5, 0.6) is 0 Å². The summed E-state index contributed by atoms with van der Waals surface area (Å²) in [5.41, 5.74) is 0.979. The first kappa shape index (κ1) is 19.3. The molecule has 1 aliphatic rings. The molecule has 0 spiro atoms. The highest BCUT2D eigenvalue weighted by Gasteiger charge is 2.22. The van der Waals surface area contributed by atoms with Gasteiger partial charge in [0.15, 0.2) is 5.11 Å². The molecular weight excluding hydrogens is 338 g/mol. The normalized spacial score (nSPS) is 14.6. The average Bonchev–Trinajstić information content (AvgIpc) is 2.63. The Morgan fingerprint density at radius 2 is 1.88 bits per heavy atom. The number of benzene rings is 1. The lowest BCUT2D eigenvalue weighted by atomic mass is 9.89. The van der Waals surface area contributed by atoms with E-state index >= 15 is 0 Å². The third kappa shape index (κ3) is 6.10. The molecule has 0 unspecified atom stereocenters. The van der Waals surface area contributed by atoms with E-state index in [2.05, 4.69) is 16.0 Å². The van der Waals surface area contributed by atoms with Crippen LogP contribution in [0, 0.1) is 5.92 Å². The summed E-state index contributed by atoms with van der Waals surface area (Å²) in [5, 5.41) is 17.4. The predicted octanol–water partition coefficient (Wildman–Crippen LogP) is 2.19. The number of aliphatic hydroxyl groups excluding tert-OH is 1. The molecule has 1 aromatic rings. The van der Waals surface area contributed by atoms with Crippen molar-refractivity contribution < 1.29 is 14.7 Å². The van der Waals surface area contributed by atoms with Gasteiger partial charge in [-0.2, -0.15) is 0 Å². The third-order valence-electron chi connectivity index (χ3n) is 4.25. The molecule has 0 saturated heterocycles. The van der Waals surface area contributed by atoms with E-state index in [1.54, 1.807) is 24.3 Å². The Balaban J connectivity index is 1.93. The molecule has 7 heteroatoms. The van der Waals surface area contributed by atoms with Crippen molar-refractivity contribution in [2.24, 2.45) is 5.92 Å². The van der Waals surface area contributed by atoms with Crippen molar-refractivity contribution in [2.75, 3.05) is 18.5 Å². The Morgan fingerprint density at radius 3 is 2.60 bits per heavy atom. The summed E-state index contributed by atoms with van der Waals surface area (Å²) in [6, 6.07) is 6.97. The van der Waals surface area contributed by atoms with E-state index in [0.717, 1.165) is 25.7 Å². The molecule has 0 bridgehead atoms. The Bertz CT molecular complexity index is 615. The number of amides is 2. The number of carbonyl (C=O) groups is 2. The number of para-hydroxylation sites is 1. The summed E-state index contributed by atoms with van der Waals surface area (Å²) in [5.74, 6) is -0.287. The number of thiocarbonyl (C=S) groups is 1. The maximum absolute atomic E-state index is 12.3. The lowest BCUT2D eigenvalue weighted by molar-refractivity contribution is -0.124. The summed E-state index contributed by atoms with van der Waals surface area (Å²) >= 11 is 5.23. The molecule has 0 radical (unpaired) electrons. The van der Waals surface area contributed by atoms with Crippen LogP contribution in [0.25, 0.3) is 0 Å². The number of aliphatic hydroxyl groups is 1. The van der Waals surface area contributed by atoms with E-state index in [1.807, 2.05) is 0 Å². The maximum atomic E-state index is 12.3. The molecule has 1 aliphatic carbocycles.